The Hall–Kier alpha value is -2.41. The van der Waals surface area contributed by atoms with Crippen LogP contribution >= 0.6 is 0 Å². The van der Waals surface area contributed by atoms with E-state index in [9.17, 15) is 4.79 Å². The van der Waals surface area contributed by atoms with Crippen molar-refractivity contribution in [1.82, 2.24) is 19.7 Å². The maximum atomic E-state index is 13.0. The summed E-state index contributed by atoms with van der Waals surface area (Å²) in [6.45, 7) is 6.01. The Morgan fingerprint density at radius 2 is 1.86 bits per heavy atom. The molecule has 2 aromatic rings. The average molecular weight is 383 g/mol. The number of aromatic nitrogens is 3. The Balaban J connectivity index is 1.27. The standard InChI is InChI=1S/C21H30N6O/c1-16-2-3-20(23-13-16)25-8-4-18(5-9-25)21(28)26-10-6-19(7-11-26)27-15-17(12-22)14-24-27/h2-3,13-15,18-19H,4-12,22H2,1H3. The highest BCUT2D eigenvalue weighted by molar-refractivity contribution is 5.79. The van der Waals surface area contributed by atoms with Gasteiger partial charge in [-0.15, -0.1) is 0 Å². The van der Waals surface area contributed by atoms with E-state index in [0.717, 1.165) is 63.2 Å². The first-order valence-electron chi connectivity index (χ1n) is 10.3. The minimum Gasteiger partial charge on any atom is -0.357 e. The number of anilines is 1. The van der Waals surface area contributed by atoms with Crippen LogP contribution in [0.3, 0.4) is 0 Å². The first-order chi connectivity index (χ1) is 13.6. The molecule has 0 saturated carbocycles. The number of aryl methyl sites for hydroxylation is 1. The average Bonchev–Trinajstić information content (AvgIpc) is 3.23. The molecular formula is C21H30N6O. The highest BCUT2D eigenvalue weighted by atomic mass is 16.2. The fraction of sp³-hybridized carbons (Fsp3) is 0.571. The molecule has 0 bridgehead atoms. The van der Waals surface area contributed by atoms with Crippen molar-refractivity contribution in [3.05, 3.63) is 41.9 Å². The predicted octanol–water partition coefficient (Wildman–Crippen LogP) is 2.13. The highest BCUT2D eigenvalue weighted by Gasteiger charge is 2.31. The van der Waals surface area contributed by atoms with Crippen LogP contribution in [0.15, 0.2) is 30.7 Å². The number of nitrogens with zero attached hydrogens (tertiary/aromatic N) is 5. The molecule has 2 N–H and O–H groups in total. The molecule has 0 unspecified atom stereocenters. The molecule has 0 aliphatic carbocycles. The molecule has 0 radical (unpaired) electrons. The fourth-order valence-corrected chi connectivity index (χ4v) is 4.29. The third-order valence-electron chi connectivity index (χ3n) is 6.10. The molecule has 1 amide bonds. The molecular weight excluding hydrogens is 352 g/mol. The molecule has 150 valence electrons. The first kappa shape index (κ1) is 18.9. The van der Waals surface area contributed by atoms with Gasteiger partial charge in [-0.05, 0) is 44.2 Å². The van der Waals surface area contributed by atoms with Gasteiger partial charge in [-0.1, -0.05) is 6.07 Å². The molecule has 2 fully saturated rings. The molecule has 4 rings (SSSR count). The van der Waals surface area contributed by atoms with Gasteiger partial charge in [0, 0.05) is 56.6 Å². The number of nitrogens with two attached hydrogens (primary N) is 1. The summed E-state index contributed by atoms with van der Waals surface area (Å²) in [6, 6.07) is 4.55. The molecule has 7 heteroatoms. The van der Waals surface area contributed by atoms with Crippen molar-refractivity contribution in [2.75, 3.05) is 31.1 Å². The maximum absolute atomic E-state index is 13.0. The zero-order valence-corrected chi connectivity index (χ0v) is 16.6. The second-order valence-corrected chi connectivity index (χ2v) is 8.04. The highest BCUT2D eigenvalue weighted by Crippen LogP contribution is 2.27. The lowest BCUT2D eigenvalue weighted by Gasteiger charge is -2.37. The summed E-state index contributed by atoms with van der Waals surface area (Å²) in [5.74, 6) is 1.50. The number of rotatable bonds is 4. The Morgan fingerprint density at radius 1 is 1.11 bits per heavy atom. The number of hydrogen-bond donors (Lipinski definition) is 1. The Morgan fingerprint density at radius 3 is 2.46 bits per heavy atom. The molecule has 2 saturated heterocycles. The summed E-state index contributed by atoms with van der Waals surface area (Å²) in [5.41, 5.74) is 7.91. The lowest BCUT2D eigenvalue weighted by Crippen LogP contribution is -2.45. The Labute approximate surface area is 166 Å². The van der Waals surface area contributed by atoms with E-state index in [-0.39, 0.29) is 5.92 Å². The molecule has 0 aromatic carbocycles. The van der Waals surface area contributed by atoms with E-state index in [0.29, 0.717) is 18.5 Å². The molecule has 0 atom stereocenters. The zero-order valence-electron chi connectivity index (χ0n) is 16.6. The van der Waals surface area contributed by atoms with Crippen LogP contribution in [0.1, 0.15) is 42.9 Å². The smallest absolute Gasteiger partial charge is 0.225 e. The van der Waals surface area contributed by atoms with Crippen LogP contribution < -0.4 is 10.6 Å². The topological polar surface area (TPSA) is 80.3 Å². The van der Waals surface area contributed by atoms with Crippen molar-refractivity contribution in [2.24, 2.45) is 11.7 Å². The van der Waals surface area contributed by atoms with Crippen LogP contribution in [0.4, 0.5) is 5.82 Å². The van der Waals surface area contributed by atoms with Crippen molar-refractivity contribution in [2.45, 2.75) is 45.2 Å². The molecule has 0 spiro atoms. The van der Waals surface area contributed by atoms with Crippen molar-refractivity contribution < 1.29 is 4.79 Å². The number of carbonyl (C=O) groups is 1. The van der Waals surface area contributed by atoms with Gasteiger partial charge in [0.25, 0.3) is 0 Å². The molecule has 28 heavy (non-hydrogen) atoms. The van der Waals surface area contributed by atoms with Crippen LogP contribution in [0, 0.1) is 12.8 Å². The minimum atomic E-state index is 0.145. The van der Waals surface area contributed by atoms with E-state index in [1.807, 2.05) is 30.2 Å². The molecule has 2 aromatic heterocycles. The van der Waals surface area contributed by atoms with Crippen molar-refractivity contribution in [3.63, 3.8) is 0 Å². The molecule has 2 aliphatic rings. The normalized spacial score (nSPS) is 19.2. The second-order valence-electron chi connectivity index (χ2n) is 8.04. The monoisotopic (exact) mass is 382 g/mol. The van der Waals surface area contributed by atoms with E-state index in [1.165, 1.54) is 5.56 Å². The summed E-state index contributed by atoms with van der Waals surface area (Å²) in [4.78, 5) is 21.9. The first-order valence-corrected chi connectivity index (χ1v) is 10.3. The van der Waals surface area contributed by atoms with Gasteiger partial charge in [0.05, 0.1) is 12.2 Å². The van der Waals surface area contributed by atoms with Crippen LogP contribution in [-0.2, 0) is 11.3 Å². The van der Waals surface area contributed by atoms with Crippen LogP contribution in [0.2, 0.25) is 0 Å². The summed E-state index contributed by atoms with van der Waals surface area (Å²) in [6.07, 6.45) is 9.53. The lowest BCUT2D eigenvalue weighted by molar-refractivity contribution is -0.137. The van der Waals surface area contributed by atoms with Crippen LogP contribution in [0.5, 0.6) is 0 Å². The van der Waals surface area contributed by atoms with E-state index >= 15 is 0 Å². The Bertz CT molecular complexity index is 785. The SMILES string of the molecule is Cc1ccc(N2CCC(C(=O)N3CCC(n4cc(CN)cn4)CC3)CC2)nc1. The number of carbonyl (C=O) groups excluding carboxylic acids is 1. The van der Waals surface area contributed by atoms with E-state index in [2.05, 4.69) is 32.0 Å². The second kappa shape index (κ2) is 8.31. The van der Waals surface area contributed by atoms with Crippen molar-refractivity contribution in [1.29, 1.82) is 0 Å². The van der Waals surface area contributed by atoms with Crippen molar-refractivity contribution >= 4 is 11.7 Å². The number of amides is 1. The van der Waals surface area contributed by atoms with Crippen LogP contribution in [-0.4, -0.2) is 51.8 Å². The summed E-state index contributed by atoms with van der Waals surface area (Å²) in [5, 5.41) is 4.43. The predicted molar refractivity (Wildman–Crippen MR) is 109 cm³/mol. The van der Waals surface area contributed by atoms with Gasteiger partial charge in [0.15, 0.2) is 0 Å². The fourth-order valence-electron chi connectivity index (χ4n) is 4.29. The quantitative estimate of drug-likeness (QED) is 0.876. The Kier molecular flexibility index (Phi) is 5.62. The minimum absolute atomic E-state index is 0.145. The summed E-state index contributed by atoms with van der Waals surface area (Å²) < 4.78 is 2.02. The van der Waals surface area contributed by atoms with Crippen molar-refractivity contribution in [3.8, 4) is 0 Å². The van der Waals surface area contributed by atoms with Gasteiger partial charge in [-0.2, -0.15) is 5.10 Å². The number of likely N-dealkylation sites (tertiary alicyclic amines) is 1. The summed E-state index contributed by atoms with van der Waals surface area (Å²) >= 11 is 0. The maximum Gasteiger partial charge on any atom is 0.225 e. The van der Waals surface area contributed by atoms with Gasteiger partial charge < -0.3 is 15.5 Å². The molecule has 7 nitrogen and oxygen atoms in total. The van der Waals surface area contributed by atoms with Crippen LogP contribution in [0.25, 0.3) is 0 Å². The summed E-state index contributed by atoms with van der Waals surface area (Å²) in [7, 11) is 0. The number of hydrogen-bond acceptors (Lipinski definition) is 5. The third-order valence-corrected chi connectivity index (χ3v) is 6.10. The lowest BCUT2D eigenvalue weighted by atomic mass is 9.93. The van der Waals surface area contributed by atoms with Gasteiger partial charge in [-0.25, -0.2) is 4.98 Å². The zero-order chi connectivity index (χ0) is 19.5. The van der Waals surface area contributed by atoms with Gasteiger partial charge in [-0.3, -0.25) is 9.48 Å². The van der Waals surface area contributed by atoms with E-state index in [1.54, 1.807) is 0 Å². The molecule has 2 aliphatic heterocycles. The van der Waals surface area contributed by atoms with E-state index in [4.69, 9.17) is 5.73 Å². The third kappa shape index (κ3) is 4.04. The van der Waals surface area contributed by atoms with E-state index < -0.39 is 0 Å². The molecule has 4 heterocycles. The largest absolute Gasteiger partial charge is 0.357 e. The number of piperidine rings is 2. The van der Waals surface area contributed by atoms with Gasteiger partial charge in [0.1, 0.15) is 5.82 Å². The number of pyridine rings is 1. The van der Waals surface area contributed by atoms with Gasteiger partial charge in [0.2, 0.25) is 5.91 Å². The van der Waals surface area contributed by atoms with Gasteiger partial charge >= 0.3 is 0 Å².